The van der Waals surface area contributed by atoms with Gasteiger partial charge >= 0.3 is 0 Å². The van der Waals surface area contributed by atoms with E-state index in [9.17, 15) is 9.18 Å². The Morgan fingerprint density at radius 3 is 2.49 bits per heavy atom. The van der Waals surface area contributed by atoms with Gasteiger partial charge in [0.15, 0.2) is 11.5 Å². The van der Waals surface area contributed by atoms with E-state index >= 15 is 0 Å². The normalized spacial score (nSPS) is 15.4. The third-order valence-electron chi connectivity index (χ3n) is 6.51. The molecule has 1 atom stereocenters. The second kappa shape index (κ2) is 11.8. The summed E-state index contributed by atoms with van der Waals surface area (Å²) >= 11 is 0. The quantitative estimate of drug-likeness (QED) is 0.491. The van der Waals surface area contributed by atoms with E-state index < -0.39 is 6.04 Å². The molecule has 0 aliphatic carbocycles. The number of carbonyl (C=O) groups is 1. The number of methoxy groups -OCH3 is 1. The third kappa shape index (κ3) is 6.36. The number of aromatic nitrogens is 1. The van der Waals surface area contributed by atoms with Crippen LogP contribution in [-0.4, -0.2) is 49.1 Å². The van der Waals surface area contributed by atoms with Crippen molar-refractivity contribution in [1.82, 2.24) is 15.2 Å². The van der Waals surface area contributed by atoms with Crippen molar-refractivity contribution in [3.63, 3.8) is 0 Å². The van der Waals surface area contributed by atoms with Crippen LogP contribution in [0.15, 0.2) is 66.9 Å². The number of hydrogen-bond donors (Lipinski definition) is 1. The number of nitrogens with zero attached hydrogens (tertiary/aromatic N) is 2. The molecule has 0 saturated carbocycles. The highest BCUT2D eigenvalue weighted by atomic mass is 19.1. The summed E-state index contributed by atoms with van der Waals surface area (Å²) in [7, 11) is 1.63. The summed E-state index contributed by atoms with van der Waals surface area (Å²) in [6.07, 6.45) is 3.27. The maximum absolute atomic E-state index is 13.5. The minimum absolute atomic E-state index is 0.00861. The summed E-state index contributed by atoms with van der Waals surface area (Å²) in [6.45, 7) is 4.98. The Morgan fingerprint density at radius 1 is 1.09 bits per heavy atom. The van der Waals surface area contributed by atoms with Gasteiger partial charge in [0.2, 0.25) is 5.91 Å². The molecule has 7 heteroatoms. The Balaban J connectivity index is 1.33. The molecule has 4 rings (SSSR count). The fourth-order valence-electron chi connectivity index (χ4n) is 4.47. The van der Waals surface area contributed by atoms with Crippen molar-refractivity contribution in [2.24, 2.45) is 5.92 Å². The van der Waals surface area contributed by atoms with Crippen LogP contribution in [0.2, 0.25) is 0 Å². The summed E-state index contributed by atoms with van der Waals surface area (Å²) in [4.78, 5) is 20.1. The van der Waals surface area contributed by atoms with Crippen molar-refractivity contribution in [2.75, 3.05) is 33.4 Å². The van der Waals surface area contributed by atoms with E-state index in [2.05, 4.69) is 15.2 Å². The zero-order chi connectivity index (χ0) is 24.6. The summed E-state index contributed by atoms with van der Waals surface area (Å²) in [5.74, 6) is 1.09. The number of benzene rings is 2. The highest BCUT2D eigenvalue weighted by molar-refractivity contribution is 5.79. The lowest BCUT2D eigenvalue weighted by atomic mass is 9.94. The number of halogens is 1. The fourth-order valence-corrected chi connectivity index (χ4v) is 4.47. The van der Waals surface area contributed by atoms with E-state index in [4.69, 9.17) is 9.47 Å². The van der Waals surface area contributed by atoms with Crippen molar-refractivity contribution in [1.29, 1.82) is 0 Å². The van der Waals surface area contributed by atoms with Crippen molar-refractivity contribution in [3.05, 3.63) is 89.5 Å². The van der Waals surface area contributed by atoms with Crippen LogP contribution in [-0.2, 0) is 4.79 Å². The Bertz CT molecular complexity index is 1110. The highest BCUT2D eigenvalue weighted by Gasteiger charge is 2.28. The molecule has 2 heterocycles. The predicted octanol–water partition coefficient (Wildman–Crippen LogP) is 4.53. The molecule has 0 bridgehead atoms. The Labute approximate surface area is 206 Å². The van der Waals surface area contributed by atoms with E-state index in [1.165, 1.54) is 12.1 Å². The SMILES string of the molecule is COc1ccccc1OCCN1CCC(C(=O)NC(c2ccc(F)cc2)c2ncccc2C)CC1. The molecule has 6 nitrogen and oxygen atoms in total. The molecule has 2 aromatic carbocycles. The summed E-state index contributed by atoms with van der Waals surface area (Å²) in [5.41, 5.74) is 2.57. The van der Waals surface area contributed by atoms with Crippen molar-refractivity contribution in [3.8, 4) is 11.5 Å². The lowest BCUT2D eigenvalue weighted by Crippen LogP contribution is -2.43. The molecular weight excluding hydrogens is 445 g/mol. The van der Waals surface area contributed by atoms with E-state index in [1.54, 1.807) is 25.4 Å². The topological polar surface area (TPSA) is 63.7 Å². The number of ether oxygens (including phenoxy) is 2. The smallest absolute Gasteiger partial charge is 0.224 e. The monoisotopic (exact) mass is 477 g/mol. The van der Waals surface area contributed by atoms with Gasteiger partial charge in [-0.1, -0.05) is 30.3 Å². The minimum Gasteiger partial charge on any atom is -0.493 e. The van der Waals surface area contributed by atoms with Gasteiger partial charge in [-0.05, 0) is 74.3 Å². The predicted molar refractivity (Wildman–Crippen MR) is 133 cm³/mol. The Morgan fingerprint density at radius 2 is 1.80 bits per heavy atom. The van der Waals surface area contributed by atoms with Crippen LogP contribution in [0.4, 0.5) is 4.39 Å². The molecular formula is C28H32FN3O3. The summed E-state index contributed by atoms with van der Waals surface area (Å²) in [5, 5.41) is 3.19. The van der Waals surface area contributed by atoms with Crippen LogP contribution in [0.5, 0.6) is 11.5 Å². The number of hydrogen-bond acceptors (Lipinski definition) is 5. The van der Waals surface area contributed by atoms with Gasteiger partial charge in [0.25, 0.3) is 0 Å². The number of nitrogens with one attached hydrogen (secondary N) is 1. The summed E-state index contributed by atoms with van der Waals surface area (Å²) in [6, 6.07) is 17.3. The molecule has 1 N–H and O–H groups in total. The average molecular weight is 478 g/mol. The van der Waals surface area contributed by atoms with Gasteiger partial charge in [0.05, 0.1) is 18.8 Å². The van der Waals surface area contributed by atoms with Crippen LogP contribution in [0.3, 0.4) is 0 Å². The first kappa shape index (κ1) is 24.7. The van der Waals surface area contributed by atoms with E-state index in [-0.39, 0.29) is 17.6 Å². The third-order valence-corrected chi connectivity index (χ3v) is 6.51. The highest BCUT2D eigenvalue weighted by Crippen LogP contribution is 2.27. The fraction of sp³-hybridized carbons (Fsp3) is 0.357. The molecule has 0 radical (unpaired) electrons. The van der Waals surface area contributed by atoms with Crippen molar-refractivity contribution >= 4 is 5.91 Å². The maximum atomic E-state index is 13.5. The molecule has 1 amide bonds. The molecule has 3 aromatic rings. The van der Waals surface area contributed by atoms with Crippen LogP contribution >= 0.6 is 0 Å². The molecule has 1 saturated heterocycles. The number of carbonyl (C=O) groups excluding carboxylic acids is 1. The van der Waals surface area contributed by atoms with Gasteiger partial charge in [-0.3, -0.25) is 14.7 Å². The number of pyridine rings is 1. The van der Waals surface area contributed by atoms with E-state index in [1.807, 2.05) is 43.3 Å². The van der Waals surface area contributed by atoms with Gasteiger partial charge in [0, 0.05) is 18.7 Å². The zero-order valence-corrected chi connectivity index (χ0v) is 20.2. The Kier molecular flexibility index (Phi) is 8.32. The van der Waals surface area contributed by atoms with Crippen LogP contribution in [0.25, 0.3) is 0 Å². The molecule has 1 aliphatic heterocycles. The van der Waals surface area contributed by atoms with Gasteiger partial charge in [-0.25, -0.2) is 4.39 Å². The number of rotatable bonds is 9. The lowest BCUT2D eigenvalue weighted by Gasteiger charge is -2.32. The van der Waals surface area contributed by atoms with Crippen LogP contribution < -0.4 is 14.8 Å². The largest absolute Gasteiger partial charge is 0.493 e. The van der Waals surface area contributed by atoms with Crippen LogP contribution in [0.1, 0.15) is 35.7 Å². The molecule has 184 valence electrons. The first-order chi connectivity index (χ1) is 17.0. The van der Waals surface area contributed by atoms with Gasteiger partial charge in [-0.2, -0.15) is 0 Å². The van der Waals surface area contributed by atoms with E-state index in [0.29, 0.717) is 6.61 Å². The zero-order valence-electron chi connectivity index (χ0n) is 20.2. The first-order valence-electron chi connectivity index (χ1n) is 12.0. The standard InChI is InChI=1S/C28H32FN3O3/c1-20-6-5-15-30-26(20)27(21-9-11-23(29)12-10-21)31-28(33)22-13-16-32(17-14-22)18-19-35-25-8-4-3-7-24(25)34-2/h3-12,15,22,27H,13-14,16-19H2,1-2H3,(H,31,33). The molecule has 1 aliphatic rings. The second-order valence-electron chi connectivity index (χ2n) is 8.81. The second-order valence-corrected chi connectivity index (χ2v) is 8.81. The summed E-state index contributed by atoms with van der Waals surface area (Å²) < 4.78 is 24.7. The first-order valence-corrected chi connectivity index (χ1v) is 12.0. The van der Waals surface area contributed by atoms with Gasteiger partial charge in [0.1, 0.15) is 12.4 Å². The minimum atomic E-state index is -0.420. The van der Waals surface area contributed by atoms with Crippen molar-refractivity contribution < 1.29 is 18.7 Å². The van der Waals surface area contributed by atoms with Crippen molar-refractivity contribution in [2.45, 2.75) is 25.8 Å². The van der Waals surface area contributed by atoms with Gasteiger partial charge < -0.3 is 14.8 Å². The molecule has 1 fully saturated rings. The average Bonchev–Trinajstić information content (AvgIpc) is 2.89. The molecule has 1 unspecified atom stereocenters. The van der Waals surface area contributed by atoms with Crippen LogP contribution in [0, 0.1) is 18.7 Å². The van der Waals surface area contributed by atoms with E-state index in [0.717, 1.165) is 60.8 Å². The Hall–Kier alpha value is -3.45. The molecule has 1 aromatic heterocycles. The number of amides is 1. The number of aryl methyl sites for hydroxylation is 1. The molecule has 35 heavy (non-hydrogen) atoms. The van der Waals surface area contributed by atoms with Gasteiger partial charge in [-0.15, -0.1) is 0 Å². The number of likely N-dealkylation sites (tertiary alicyclic amines) is 1. The molecule has 0 spiro atoms. The number of piperidine rings is 1. The number of para-hydroxylation sites is 2. The maximum Gasteiger partial charge on any atom is 0.224 e. The lowest BCUT2D eigenvalue weighted by molar-refractivity contribution is -0.127.